The van der Waals surface area contributed by atoms with Gasteiger partial charge in [0.05, 0.1) is 5.00 Å². The van der Waals surface area contributed by atoms with Gasteiger partial charge in [-0.05, 0) is 42.5 Å². The number of carbonyl (C=O) groups excluding carboxylic acids is 1. The number of amides is 2. The second-order valence-electron chi connectivity index (χ2n) is 6.68. The summed E-state index contributed by atoms with van der Waals surface area (Å²) in [6.07, 6.45) is 2.34. The highest BCUT2D eigenvalue weighted by Gasteiger charge is 2.30. The fourth-order valence-electron chi connectivity index (χ4n) is 3.23. The summed E-state index contributed by atoms with van der Waals surface area (Å²) in [4.78, 5) is 16.4. The Bertz CT molecular complexity index is 926. The molecule has 8 nitrogen and oxygen atoms in total. The van der Waals surface area contributed by atoms with E-state index in [1.807, 2.05) is 39.1 Å². The van der Waals surface area contributed by atoms with Crippen molar-refractivity contribution in [2.24, 2.45) is 0 Å². The number of hydrogen-bond acceptors (Lipinski definition) is 6. The molecule has 1 aliphatic heterocycles. The number of urea groups is 1. The molecule has 0 unspecified atom stereocenters. The summed E-state index contributed by atoms with van der Waals surface area (Å²) in [5.41, 5.74) is 0.796. The lowest BCUT2D eigenvalue weighted by Gasteiger charge is -2.35. The average molecular weight is 369 g/mol. The lowest BCUT2D eigenvalue weighted by Crippen LogP contribution is -2.50. The van der Waals surface area contributed by atoms with E-state index >= 15 is 0 Å². The third-order valence-corrected chi connectivity index (χ3v) is 5.64. The lowest BCUT2D eigenvalue weighted by molar-refractivity contribution is 0.208. The lowest BCUT2D eigenvalue weighted by atomic mass is 10.3. The number of rotatable bonds is 3. The van der Waals surface area contributed by atoms with Gasteiger partial charge >= 0.3 is 6.03 Å². The molecule has 9 heteroatoms. The summed E-state index contributed by atoms with van der Waals surface area (Å²) < 4.78 is 1.88. The van der Waals surface area contributed by atoms with Gasteiger partial charge in [0.15, 0.2) is 11.5 Å². The molecule has 134 valence electrons. The fraction of sp³-hybridized carbons (Fsp3) is 0.412. The normalized spacial score (nSPS) is 17.7. The summed E-state index contributed by atoms with van der Waals surface area (Å²) in [7, 11) is 0. The molecule has 5 rings (SSSR count). The summed E-state index contributed by atoms with van der Waals surface area (Å²) >= 11 is 1.53. The zero-order valence-electron chi connectivity index (χ0n) is 14.2. The zero-order chi connectivity index (χ0) is 17.5. The van der Waals surface area contributed by atoms with Gasteiger partial charge in [-0.15, -0.1) is 26.6 Å². The SMILES string of the molecule is O=C(Nc1cccs1)N1CCN(c2ccc3nnc(C4CC4)n3n2)CC1. The quantitative estimate of drug-likeness (QED) is 0.767. The monoisotopic (exact) mass is 369 g/mol. The first kappa shape index (κ1) is 15.6. The minimum Gasteiger partial charge on any atom is -0.352 e. The zero-order valence-corrected chi connectivity index (χ0v) is 15.0. The van der Waals surface area contributed by atoms with E-state index < -0.39 is 0 Å². The van der Waals surface area contributed by atoms with Gasteiger partial charge in [-0.1, -0.05) is 0 Å². The Morgan fingerprint density at radius 1 is 1.12 bits per heavy atom. The molecule has 1 saturated carbocycles. The van der Waals surface area contributed by atoms with Crippen LogP contribution in [0.4, 0.5) is 15.6 Å². The van der Waals surface area contributed by atoms with Crippen molar-refractivity contribution in [3.05, 3.63) is 35.5 Å². The van der Waals surface area contributed by atoms with Crippen molar-refractivity contribution in [1.29, 1.82) is 0 Å². The Morgan fingerprint density at radius 2 is 1.96 bits per heavy atom. The number of nitrogens with one attached hydrogen (secondary N) is 1. The molecule has 1 saturated heterocycles. The Hall–Kier alpha value is -2.68. The maximum Gasteiger partial charge on any atom is 0.322 e. The van der Waals surface area contributed by atoms with Crippen molar-refractivity contribution in [2.75, 3.05) is 36.4 Å². The van der Waals surface area contributed by atoms with Crippen molar-refractivity contribution in [3.63, 3.8) is 0 Å². The number of anilines is 2. The van der Waals surface area contributed by atoms with Gasteiger partial charge < -0.3 is 9.80 Å². The van der Waals surface area contributed by atoms with Gasteiger partial charge in [0, 0.05) is 32.1 Å². The number of thiophene rings is 1. The second-order valence-corrected chi connectivity index (χ2v) is 7.62. The molecule has 2 aliphatic rings. The number of nitrogens with zero attached hydrogens (tertiary/aromatic N) is 6. The molecular formula is C17H19N7OS. The van der Waals surface area contributed by atoms with E-state index in [-0.39, 0.29) is 6.03 Å². The largest absolute Gasteiger partial charge is 0.352 e. The molecule has 0 bridgehead atoms. The van der Waals surface area contributed by atoms with Crippen molar-refractivity contribution in [1.82, 2.24) is 24.7 Å². The molecule has 2 fully saturated rings. The molecule has 0 atom stereocenters. The standard InChI is InChI=1S/C17H19N7OS/c25-17(18-15-2-1-11-26-15)23-9-7-22(8-10-23)14-6-5-13-19-20-16(12-3-4-12)24(13)21-14/h1-2,5-6,11-12H,3-4,7-10H2,(H,18,25). The average Bonchev–Trinajstić information content (AvgIpc) is 3.22. The first-order chi connectivity index (χ1) is 12.8. The van der Waals surface area contributed by atoms with E-state index in [0.29, 0.717) is 19.0 Å². The van der Waals surface area contributed by atoms with Crippen molar-refractivity contribution >= 4 is 33.8 Å². The highest BCUT2D eigenvalue weighted by Crippen LogP contribution is 2.38. The molecule has 1 N–H and O–H groups in total. The maximum atomic E-state index is 12.3. The van der Waals surface area contributed by atoms with Crippen LogP contribution >= 0.6 is 11.3 Å². The number of carbonyl (C=O) groups is 1. The summed E-state index contributed by atoms with van der Waals surface area (Å²) in [5.74, 6) is 2.39. The topological polar surface area (TPSA) is 78.7 Å². The highest BCUT2D eigenvalue weighted by molar-refractivity contribution is 7.14. The van der Waals surface area contributed by atoms with Gasteiger partial charge in [-0.25, -0.2) is 4.79 Å². The van der Waals surface area contributed by atoms with E-state index in [4.69, 9.17) is 5.10 Å². The van der Waals surface area contributed by atoms with Crippen molar-refractivity contribution in [3.8, 4) is 0 Å². The van der Waals surface area contributed by atoms with E-state index in [0.717, 1.165) is 35.4 Å². The molecule has 26 heavy (non-hydrogen) atoms. The number of fused-ring (bicyclic) bond motifs is 1. The Morgan fingerprint density at radius 3 is 2.69 bits per heavy atom. The van der Waals surface area contributed by atoms with Crippen LogP contribution in [0.3, 0.4) is 0 Å². The molecule has 2 amide bonds. The first-order valence-electron chi connectivity index (χ1n) is 8.85. The fourth-order valence-corrected chi connectivity index (χ4v) is 3.84. The van der Waals surface area contributed by atoms with Gasteiger partial charge in [-0.3, -0.25) is 5.32 Å². The Kier molecular flexibility index (Phi) is 3.74. The van der Waals surface area contributed by atoms with Crippen LogP contribution < -0.4 is 10.2 Å². The van der Waals surface area contributed by atoms with Crippen LogP contribution in [-0.4, -0.2) is 56.9 Å². The third-order valence-electron chi connectivity index (χ3n) is 4.86. The van der Waals surface area contributed by atoms with E-state index in [1.165, 1.54) is 24.2 Å². The summed E-state index contributed by atoms with van der Waals surface area (Å²) in [6, 6.07) is 7.76. The minimum atomic E-state index is -0.0367. The van der Waals surface area contributed by atoms with Crippen molar-refractivity contribution < 1.29 is 4.79 Å². The van der Waals surface area contributed by atoms with Crippen LogP contribution in [0.2, 0.25) is 0 Å². The van der Waals surface area contributed by atoms with Crippen LogP contribution in [0.15, 0.2) is 29.6 Å². The maximum absolute atomic E-state index is 12.3. The Labute approximate surface area is 154 Å². The molecule has 4 heterocycles. The van der Waals surface area contributed by atoms with Crippen LogP contribution in [0.1, 0.15) is 24.6 Å². The minimum absolute atomic E-state index is 0.0367. The molecule has 3 aromatic rings. The molecule has 0 spiro atoms. The summed E-state index contributed by atoms with van der Waals surface area (Å²) in [5, 5.41) is 19.0. The molecular weight excluding hydrogens is 350 g/mol. The summed E-state index contributed by atoms with van der Waals surface area (Å²) in [6.45, 7) is 2.87. The van der Waals surface area contributed by atoms with Gasteiger partial charge in [0.1, 0.15) is 5.82 Å². The number of hydrogen-bond donors (Lipinski definition) is 1. The third kappa shape index (κ3) is 2.88. The van der Waals surface area contributed by atoms with Crippen LogP contribution in [-0.2, 0) is 0 Å². The molecule has 3 aromatic heterocycles. The smallest absolute Gasteiger partial charge is 0.322 e. The molecule has 1 aliphatic carbocycles. The molecule has 0 aromatic carbocycles. The highest BCUT2D eigenvalue weighted by atomic mass is 32.1. The number of piperazine rings is 1. The van der Waals surface area contributed by atoms with E-state index in [2.05, 4.69) is 20.4 Å². The predicted octanol–water partition coefficient (Wildman–Crippen LogP) is 2.42. The molecule has 0 radical (unpaired) electrons. The van der Waals surface area contributed by atoms with Gasteiger partial charge in [-0.2, -0.15) is 4.52 Å². The number of aromatic nitrogens is 4. The van der Waals surface area contributed by atoms with Crippen LogP contribution in [0, 0.1) is 0 Å². The van der Waals surface area contributed by atoms with Crippen LogP contribution in [0.5, 0.6) is 0 Å². The van der Waals surface area contributed by atoms with Gasteiger partial charge in [0.2, 0.25) is 0 Å². The second kappa shape index (κ2) is 6.24. The van der Waals surface area contributed by atoms with Crippen molar-refractivity contribution in [2.45, 2.75) is 18.8 Å². The Balaban J connectivity index is 1.27. The predicted molar refractivity (Wildman–Crippen MR) is 99.9 cm³/mol. The first-order valence-corrected chi connectivity index (χ1v) is 9.72. The van der Waals surface area contributed by atoms with E-state index in [1.54, 1.807) is 0 Å². The van der Waals surface area contributed by atoms with Gasteiger partial charge in [0.25, 0.3) is 0 Å². The van der Waals surface area contributed by atoms with Crippen LogP contribution in [0.25, 0.3) is 5.65 Å². The van der Waals surface area contributed by atoms with E-state index in [9.17, 15) is 4.79 Å².